The number of esters is 1. The van der Waals surface area contributed by atoms with Crippen molar-refractivity contribution in [2.24, 2.45) is 16.6 Å². The monoisotopic (exact) mass is 676 g/mol. The second-order valence-electron chi connectivity index (χ2n) is 12.2. The fourth-order valence-corrected chi connectivity index (χ4v) is 6.85. The SMILES string of the molecule is CCNC(=O)C1C(CC)=NC(COCCN)=C(C(=O)NCCCN2CCC(C(=O)OC)(c3ccccc3)CC2)C1c1ccc([N+](=O)[O-])cc1. The first-order chi connectivity index (χ1) is 23.7. The number of nitro benzene ring substituents is 1. The first-order valence-electron chi connectivity index (χ1n) is 17.0. The zero-order valence-corrected chi connectivity index (χ0v) is 28.6. The Kier molecular flexibility index (Phi) is 13.6. The second kappa shape index (κ2) is 17.8. The van der Waals surface area contributed by atoms with E-state index in [1.807, 2.05) is 44.2 Å². The Labute approximate surface area is 287 Å². The standard InChI is InChI=1S/C36H48N6O7/c1-4-28-31(33(43)38-5-2)30(25-12-14-27(15-13-25)42(46)47)32(29(40-28)24-49-23-18-37)34(44)39-19-9-20-41-21-16-36(17-22-41,35(45)48-3)26-10-7-6-8-11-26/h6-8,10-15,30-31H,4-5,9,16-24,37H2,1-3H3,(H,38,43)(H,39,44). The fourth-order valence-electron chi connectivity index (χ4n) is 6.85. The molecular formula is C36H48N6O7. The van der Waals surface area contributed by atoms with E-state index in [0.29, 0.717) is 81.0 Å². The Bertz CT molecular complexity index is 1520. The van der Waals surface area contributed by atoms with E-state index in [4.69, 9.17) is 20.2 Å². The summed E-state index contributed by atoms with van der Waals surface area (Å²) in [6.45, 7) is 7.16. The summed E-state index contributed by atoms with van der Waals surface area (Å²) < 4.78 is 11.0. The number of nitrogens with two attached hydrogens (primary N) is 1. The molecule has 1 fully saturated rings. The number of ether oxygens (including phenoxy) is 2. The van der Waals surface area contributed by atoms with Crippen LogP contribution >= 0.6 is 0 Å². The summed E-state index contributed by atoms with van der Waals surface area (Å²) in [6, 6.07) is 15.7. The molecule has 0 radical (unpaired) electrons. The molecule has 4 rings (SSSR count). The van der Waals surface area contributed by atoms with Crippen LogP contribution in [0.25, 0.3) is 0 Å². The van der Waals surface area contributed by atoms with Gasteiger partial charge in [-0.05, 0) is 63.4 Å². The first kappa shape index (κ1) is 37.4. The van der Waals surface area contributed by atoms with Crippen LogP contribution in [0, 0.1) is 16.0 Å². The van der Waals surface area contributed by atoms with E-state index >= 15 is 0 Å². The molecule has 2 amide bonds. The van der Waals surface area contributed by atoms with Crippen molar-refractivity contribution in [2.45, 2.75) is 50.9 Å². The Morgan fingerprint density at radius 1 is 1.06 bits per heavy atom. The van der Waals surface area contributed by atoms with Crippen LogP contribution in [0.5, 0.6) is 0 Å². The lowest BCUT2D eigenvalue weighted by Gasteiger charge is -2.40. The zero-order valence-electron chi connectivity index (χ0n) is 28.6. The molecule has 0 aliphatic carbocycles. The fraction of sp³-hybridized carbons (Fsp3) is 0.500. The molecule has 0 saturated carbocycles. The topological polar surface area (TPSA) is 178 Å². The minimum Gasteiger partial charge on any atom is -0.468 e. The number of methoxy groups -OCH3 is 1. The minimum atomic E-state index is -0.793. The average Bonchev–Trinajstić information content (AvgIpc) is 3.13. The molecule has 2 aliphatic heterocycles. The predicted molar refractivity (Wildman–Crippen MR) is 186 cm³/mol. The Hall–Kier alpha value is -4.46. The third-order valence-corrected chi connectivity index (χ3v) is 9.35. The number of non-ortho nitro benzene ring substituents is 1. The minimum absolute atomic E-state index is 0.0200. The molecule has 13 nitrogen and oxygen atoms in total. The van der Waals surface area contributed by atoms with Crippen molar-refractivity contribution < 1.29 is 28.8 Å². The van der Waals surface area contributed by atoms with Crippen molar-refractivity contribution in [3.05, 3.63) is 87.1 Å². The molecule has 0 spiro atoms. The molecule has 2 atom stereocenters. The summed E-state index contributed by atoms with van der Waals surface area (Å²) in [5.41, 5.74) is 7.74. The van der Waals surface area contributed by atoms with Gasteiger partial charge in [0.1, 0.15) is 0 Å². The lowest BCUT2D eigenvalue weighted by molar-refractivity contribution is -0.384. The molecule has 2 heterocycles. The van der Waals surface area contributed by atoms with Crippen LogP contribution in [0.15, 0.2) is 70.9 Å². The van der Waals surface area contributed by atoms with E-state index in [1.54, 1.807) is 12.1 Å². The van der Waals surface area contributed by atoms with E-state index < -0.39 is 22.2 Å². The number of nitro groups is 1. The van der Waals surface area contributed by atoms with Crippen molar-refractivity contribution in [1.82, 2.24) is 15.5 Å². The van der Waals surface area contributed by atoms with Gasteiger partial charge in [0.25, 0.3) is 5.69 Å². The van der Waals surface area contributed by atoms with E-state index in [1.165, 1.54) is 19.2 Å². The molecule has 1 saturated heterocycles. The van der Waals surface area contributed by atoms with Gasteiger partial charge in [-0.3, -0.25) is 29.5 Å². The number of hydrogen-bond donors (Lipinski definition) is 3. The van der Waals surface area contributed by atoms with Gasteiger partial charge in [0.05, 0.1) is 42.3 Å². The molecular weight excluding hydrogens is 628 g/mol. The van der Waals surface area contributed by atoms with Gasteiger partial charge in [0.2, 0.25) is 11.8 Å². The van der Waals surface area contributed by atoms with Crippen molar-refractivity contribution >= 4 is 29.2 Å². The highest BCUT2D eigenvalue weighted by Crippen LogP contribution is 2.41. The van der Waals surface area contributed by atoms with Crippen molar-refractivity contribution in [2.75, 3.05) is 59.6 Å². The summed E-state index contributed by atoms with van der Waals surface area (Å²) in [5.74, 6) is -2.42. The highest BCUT2D eigenvalue weighted by atomic mass is 16.6. The van der Waals surface area contributed by atoms with Crippen LogP contribution < -0.4 is 16.4 Å². The van der Waals surface area contributed by atoms with E-state index in [2.05, 4.69) is 15.5 Å². The van der Waals surface area contributed by atoms with Crippen LogP contribution in [0.1, 0.15) is 56.6 Å². The second-order valence-corrected chi connectivity index (χ2v) is 12.2. The molecule has 49 heavy (non-hydrogen) atoms. The lowest BCUT2D eigenvalue weighted by atomic mass is 9.72. The van der Waals surface area contributed by atoms with E-state index in [0.717, 1.165) is 5.56 Å². The van der Waals surface area contributed by atoms with Gasteiger partial charge in [-0.1, -0.05) is 49.4 Å². The molecule has 2 aromatic rings. The maximum atomic E-state index is 14.1. The number of nitrogens with one attached hydrogen (secondary N) is 2. The van der Waals surface area contributed by atoms with E-state index in [-0.39, 0.29) is 43.2 Å². The average molecular weight is 677 g/mol. The van der Waals surface area contributed by atoms with Gasteiger partial charge in [-0.15, -0.1) is 0 Å². The normalized spacial score (nSPS) is 19.1. The van der Waals surface area contributed by atoms with Gasteiger partial charge >= 0.3 is 5.97 Å². The highest BCUT2D eigenvalue weighted by Gasteiger charge is 2.44. The number of benzene rings is 2. The van der Waals surface area contributed by atoms with Gasteiger partial charge in [0, 0.05) is 49.0 Å². The van der Waals surface area contributed by atoms with Crippen LogP contribution in [0.3, 0.4) is 0 Å². The smallest absolute Gasteiger partial charge is 0.316 e. The van der Waals surface area contributed by atoms with E-state index in [9.17, 15) is 24.5 Å². The number of nitrogens with zero attached hydrogens (tertiary/aromatic N) is 3. The number of amides is 2. The highest BCUT2D eigenvalue weighted by molar-refractivity contribution is 6.10. The number of carbonyl (C=O) groups is 3. The molecule has 0 bridgehead atoms. The Morgan fingerprint density at radius 2 is 1.76 bits per heavy atom. The molecule has 2 aliphatic rings. The van der Waals surface area contributed by atoms with Crippen molar-refractivity contribution in [3.63, 3.8) is 0 Å². The predicted octanol–water partition coefficient (Wildman–Crippen LogP) is 3.24. The van der Waals surface area contributed by atoms with Crippen molar-refractivity contribution in [3.8, 4) is 0 Å². The molecule has 2 unspecified atom stereocenters. The first-order valence-corrected chi connectivity index (χ1v) is 17.0. The maximum absolute atomic E-state index is 14.1. The van der Waals surface area contributed by atoms with Gasteiger partial charge < -0.3 is 30.7 Å². The zero-order chi connectivity index (χ0) is 35.4. The van der Waals surface area contributed by atoms with Crippen LogP contribution in [0.4, 0.5) is 5.69 Å². The van der Waals surface area contributed by atoms with Gasteiger partial charge in [-0.25, -0.2) is 0 Å². The lowest BCUT2D eigenvalue weighted by Crippen LogP contribution is -2.48. The largest absolute Gasteiger partial charge is 0.468 e. The summed E-state index contributed by atoms with van der Waals surface area (Å²) in [5, 5.41) is 17.4. The number of rotatable bonds is 16. The third kappa shape index (κ3) is 8.77. The third-order valence-electron chi connectivity index (χ3n) is 9.35. The number of aliphatic imine (C=N–C) groups is 1. The summed E-state index contributed by atoms with van der Waals surface area (Å²) >= 11 is 0. The number of hydrogen-bond acceptors (Lipinski definition) is 10. The van der Waals surface area contributed by atoms with Gasteiger partial charge in [-0.2, -0.15) is 0 Å². The molecule has 2 aromatic carbocycles. The van der Waals surface area contributed by atoms with Crippen LogP contribution in [-0.2, 0) is 29.3 Å². The quantitative estimate of drug-likeness (QED) is 0.104. The Morgan fingerprint density at radius 3 is 2.35 bits per heavy atom. The molecule has 13 heteroatoms. The van der Waals surface area contributed by atoms with Crippen LogP contribution in [0.2, 0.25) is 0 Å². The number of carbonyl (C=O) groups excluding carboxylic acids is 3. The van der Waals surface area contributed by atoms with Crippen molar-refractivity contribution in [1.29, 1.82) is 0 Å². The number of piperidine rings is 1. The summed E-state index contributed by atoms with van der Waals surface area (Å²) in [7, 11) is 1.43. The van der Waals surface area contributed by atoms with Crippen LogP contribution in [-0.4, -0.2) is 92.9 Å². The summed E-state index contributed by atoms with van der Waals surface area (Å²) in [6.07, 6.45) is 2.37. The maximum Gasteiger partial charge on any atom is 0.316 e. The Balaban J connectivity index is 1.53. The number of likely N-dealkylation sites (tertiary alicyclic amines) is 1. The van der Waals surface area contributed by atoms with Gasteiger partial charge in [0.15, 0.2) is 0 Å². The molecule has 0 aromatic heterocycles. The summed E-state index contributed by atoms with van der Waals surface area (Å²) in [4.78, 5) is 58.6. The molecule has 264 valence electrons. The molecule has 4 N–H and O–H groups in total.